The minimum absolute atomic E-state index is 0.165. The van der Waals surface area contributed by atoms with Crippen molar-refractivity contribution in [1.82, 2.24) is 5.32 Å². The number of carbonyl (C=O) groups is 1. The van der Waals surface area contributed by atoms with Crippen LogP contribution in [0.4, 0.5) is 4.39 Å². The fourth-order valence-electron chi connectivity index (χ4n) is 1.38. The summed E-state index contributed by atoms with van der Waals surface area (Å²) in [6, 6.07) is 4.39. The molecule has 1 aromatic carbocycles. The average Bonchev–Trinajstić information content (AvgIpc) is 2.31. The standard InChI is InChI=1S/C12H13FN2O2/c1-2-3-9(7-14)15-12(17)10-6-8(13)4-5-11(10)16/h4-6,9,16H,2-3H2,1H3,(H,15,17). The van der Waals surface area contributed by atoms with E-state index in [9.17, 15) is 14.3 Å². The Balaban J connectivity index is 2.83. The van der Waals surface area contributed by atoms with E-state index in [0.29, 0.717) is 6.42 Å². The van der Waals surface area contributed by atoms with Gasteiger partial charge in [0.05, 0.1) is 11.6 Å². The molecule has 5 heteroatoms. The van der Waals surface area contributed by atoms with Crippen molar-refractivity contribution in [3.63, 3.8) is 0 Å². The zero-order valence-corrected chi connectivity index (χ0v) is 9.40. The van der Waals surface area contributed by atoms with Crippen LogP contribution in [0.1, 0.15) is 30.1 Å². The molecule has 0 radical (unpaired) electrons. The molecule has 0 bridgehead atoms. The first-order chi connectivity index (χ1) is 8.08. The Labute approximate surface area is 98.7 Å². The summed E-state index contributed by atoms with van der Waals surface area (Å²) in [5.41, 5.74) is -0.165. The summed E-state index contributed by atoms with van der Waals surface area (Å²) < 4.78 is 12.9. The number of benzene rings is 1. The lowest BCUT2D eigenvalue weighted by Crippen LogP contribution is -2.33. The molecule has 1 amide bonds. The normalized spacial score (nSPS) is 11.6. The van der Waals surface area contributed by atoms with Gasteiger partial charge in [0.2, 0.25) is 0 Å². The Morgan fingerprint density at radius 2 is 2.35 bits per heavy atom. The molecule has 1 unspecified atom stereocenters. The first-order valence-electron chi connectivity index (χ1n) is 5.27. The summed E-state index contributed by atoms with van der Waals surface area (Å²) in [5.74, 6) is -1.57. The van der Waals surface area contributed by atoms with Gasteiger partial charge in [0.1, 0.15) is 17.6 Å². The molecular weight excluding hydrogens is 223 g/mol. The molecule has 0 saturated heterocycles. The molecule has 1 rings (SSSR count). The van der Waals surface area contributed by atoms with Gasteiger partial charge in [0, 0.05) is 0 Å². The van der Waals surface area contributed by atoms with Gasteiger partial charge in [-0.1, -0.05) is 13.3 Å². The third kappa shape index (κ3) is 3.45. The van der Waals surface area contributed by atoms with E-state index in [1.165, 1.54) is 0 Å². The molecule has 0 spiro atoms. The number of halogens is 1. The van der Waals surface area contributed by atoms with Crippen LogP contribution in [-0.4, -0.2) is 17.1 Å². The summed E-state index contributed by atoms with van der Waals surface area (Å²) in [6.45, 7) is 1.89. The van der Waals surface area contributed by atoms with Crippen LogP contribution in [0.3, 0.4) is 0 Å². The van der Waals surface area contributed by atoms with Crippen molar-refractivity contribution < 1.29 is 14.3 Å². The van der Waals surface area contributed by atoms with E-state index in [0.717, 1.165) is 24.6 Å². The highest BCUT2D eigenvalue weighted by Gasteiger charge is 2.16. The summed E-state index contributed by atoms with van der Waals surface area (Å²) >= 11 is 0. The predicted octanol–water partition coefficient (Wildman–Crippen LogP) is 1.95. The van der Waals surface area contributed by atoms with E-state index in [1.54, 1.807) is 0 Å². The van der Waals surface area contributed by atoms with E-state index in [4.69, 9.17) is 5.26 Å². The number of nitriles is 1. The molecule has 90 valence electrons. The van der Waals surface area contributed by atoms with Gasteiger partial charge in [0.15, 0.2) is 0 Å². The van der Waals surface area contributed by atoms with E-state index < -0.39 is 17.8 Å². The van der Waals surface area contributed by atoms with Gasteiger partial charge < -0.3 is 10.4 Å². The zero-order valence-electron chi connectivity index (χ0n) is 9.40. The lowest BCUT2D eigenvalue weighted by molar-refractivity contribution is 0.0940. The topological polar surface area (TPSA) is 73.1 Å². The van der Waals surface area contributed by atoms with Crippen LogP contribution in [0.15, 0.2) is 18.2 Å². The number of amides is 1. The van der Waals surface area contributed by atoms with Crippen molar-refractivity contribution in [2.45, 2.75) is 25.8 Å². The van der Waals surface area contributed by atoms with E-state index in [2.05, 4.69) is 5.32 Å². The number of phenolic OH excluding ortho intramolecular Hbond substituents is 1. The van der Waals surface area contributed by atoms with Crippen molar-refractivity contribution in [1.29, 1.82) is 5.26 Å². The fourth-order valence-corrected chi connectivity index (χ4v) is 1.38. The first-order valence-corrected chi connectivity index (χ1v) is 5.27. The molecule has 1 atom stereocenters. The van der Waals surface area contributed by atoms with Crippen LogP contribution in [0.25, 0.3) is 0 Å². The largest absolute Gasteiger partial charge is 0.507 e. The van der Waals surface area contributed by atoms with Crippen LogP contribution in [-0.2, 0) is 0 Å². The maximum absolute atomic E-state index is 12.9. The molecule has 2 N–H and O–H groups in total. The van der Waals surface area contributed by atoms with E-state index in [1.807, 2.05) is 13.0 Å². The second-order valence-corrected chi connectivity index (χ2v) is 3.61. The highest BCUT2D eigenvalue weighted by atomic mass is 19.1. The minimum atomic E-state index is -0.651. The lowest BCUT2D eigenvalue weighted by Gasteiger charge is -2.11. The molecule has 1 aromatic rings. The summed E-state index contributed by atoms with van der Waals surface area (Å²) in [7, 11) is 0. The van der Waals surface area contributed by atoms with Gasteiger partial charge in [0.25, 0.3) is 5.91 Å². The summed E-state index contributed by atoms with van der Waals surface area (Å²) in [4.78, 5) is 11.7. The van der Waals surface area contributed by atoms with Crippen LogP contribution < -0.4 is 5.32 Å². The fraction of sp³-hybridized carbons (Fsp3) is 0.333. The minimum Gasteiger partial charge on any atom is -0.507 e. The first kappa shape index (κ1) is 13.0. The maximum atomic E-state index is 12.9. The van der Waals surface area contributed by atoms with E-state index in [-0.39, 0.29) is 11.3 Å². The van der Waals surface area contributed by atoms with Crippen LogP contribution in [0.2, 0.25) is 0 Å². The molecule has 0 fully saturated rings. The Morgan fingerprint density at radius 3 is 2.94 bits per heavy atom. The zero-order chi connectivity index (χ0) is 12.8. The van der Waals surface area contributed by atoms with Gasteiger partial charge in [-0.3, -0.25) is 4.79 Å². The average molecular weight is 236 g/mol. The third-order valence-electron chi connectivity index (χ3n) is 2.24. The van der Waals surface area contributed by atoms with E-state index >= 15 is 0 Å². The van der Waals surface area contributed by atoms with Gasteiger partial charge in [-0.05, 0) is 24.6 Å². The number of nitrogens with one attached hydrogen (secondary N) is 1. The number of rotatable bonds is 4. The van der Waals surface area contributed by atoms with Crippen LogP contribution in [0.5, 0.6) is 5.75 Å². The third-order valence-corrected chi connectivity index (χ3v) is 2.24. The number of aromatic hydroxyl groups is 1. The van der Waals surface area contributed by atoms with Gasteiger partial charge >= 0.3 is 0 Å². The van der Waals surface area contributed by atoms with Crippen molar-refractivity contribution in [2.24, 2.45) is 0 Å². The van der Waals surface area contributed by atoms with Gasteiger partial charge in [-0.25, -0.2) is 4.39 Å². The smallest absolute Gasteiger partial charge is 0.256 e. The van der Waals surface area contributed by atoms with Crippen molar-refractivity contribution >= 4 is 5.91 Å². The Bertz CT molecular complexity index is 454. The van der Waals surface area contributed by atoms with Crippen molar-refractivity contribution in [3.05, 3.63) is 29.6 Å². The lowest BCUT2D eigenvalue weighted by atomic mass is 10.1. The molecule has 4 nitrogen and oxygen atoms in total. The highest BCUT2D eigenvalue weighted by molar-refractivity contribution is 5.97. The second kappa shape index (κ2) is 5.85. The maximum Gasteiger partial charge on any atom is 0.256 e. The SMILES string of the molecule is CCCC(C#N)NC(=O)c1cc(F)ccc1O. The highest BCUT2D eigenvalue weighted by Crippen LogP contribution is 2.17. The Hall–Kier alpha value is -2.09. The van der Waals surface area contributed by atoms with Crippen LogP contribution in [0, 0.1) is 17.1 Å². The number of hydrogen-bond donors (Lipinski definition) is 2. The molecule has 0 heterocycles. The van der Waals surface area contributed by atoms with Crippen LogP contribution >= 0.6 is 0 Å². The van der Waals surface area contributed by atoms with Crippen molar-refractivity contribution in [2.75, 3.05) is 0 Å². The number of hydrogen-bond acceptors (Lipinski definition) is 3. The van der Waals surface area contributed by atoms with Crippen molar-refractivity contribution in [3.8, 4) is 11.8 Å². The molecule has 17 heavy (non-hydrogen) atoms. The number of carbonyl (C=O) groups excluding carboxylic acids is 1. The Morgan fingerprint density at radius 1 is 1.65 bits per heavy atom. The predicted molar refractivity (Wildman–Crippen MR) is 59.8 cm³/mol. The van der Waals surface area contributed by atoms with Gasteiger partial charge in [-0.2, -0.15) is 5.26 Å². The molecular formula is C12H13FN2O2. The summed E-state index contributed by atoms with van der Waals surface area (Å²) in [5, 5.41) is 20.6. The number of nitrogens with zero attached hydrogens (tertiary/aromatic N) is 1. The molecule has 0 aliphatic heterocycles. The van der Waals surface area contributed by atoms with Gasteiger partial charge in [-0.15, -0.1) is 0 Å². The second-order valence-electron chi connectivity index (χ2n) is 3.61. The summed E-state index contributed by atoms with van der Waals surface area (Å²) in [6.07, 6.45) is 1.26. The molecule has 0 aliphatic rings. The molecule has 0 aliphatic carbocycles. The molecule has 0 saturated carbocycles. The quantitative estimate of drug-likeness (QED) is 0.839. The molecule has 0 aromatic heterocycles. The number of phenols is 1. The monoisotopic (exact) mass is 236 g/mol. The Kier molecular flexibility index (Phi) is 4.46.